The molecule has 0 unspecified atom stereocenters. The van der Waals surface area contributed by atoms with Crippen LogP contribution < -0.4 is 9.80 Å². The predicted molar refractivity (Wildman–Crippen MR) is 98.1 cm³/mol. The molecule has 0 fully saturated rings. The summed E-state index contributed by atoms with van der Waals surface area (Å²) in [5.41, 5.74) is 4.24. The second-order valence-corrected chi connectivity index (χ2v) is 6.05. The van der Waals surface area contributed by atoms with E-state index in [1.165, 1.54) is 4.90 Å². The zero-order valence-corrected chi connectivity index (χ0v) is 13.2. The SMILES string of the molecule is [2H]C([2H])([2H])N1CN(c2c(C)ccc3c2oc2ccccc23)c2cccnc21. The Hall–Kier alpha value is -3.01. The summed E-state index contributed by atoms with van der Waals surface area (Å²) in [6.07, 6.45) is 1.62. The van der Waals surface area contributed by atoms with Crippen LogP contribution in [-0.2, 0) is 0 Å². The monoisotopic (exact) mass is 318 g/mol. The number of fused-ring (bicyclic) bond motifs is 4. The first-order valence-corrected chi connectivity index (χ1v) is 7.86. The highest BCUT2D eigenvalue weighted by Crippen LogP contribution is 2.44. The number of anilines is 3. The summed E-state index contributed by atoms with van der Waals surface area (Å²) in [7, 11) is 0. The Balaban J connectivity index is 1.78. The Morgan fingerprint density at radius 2 is 2.00 bits per heavy atom. The van der Waals surface area contributed by atoms with Crippen molar-refractivity contribution in [3.05, 3.63) is 60.3 Å². The van der Waals surface area contributed by atoms with Crippen LogP contribution in [0.25, 0.3) is 21.9 Å². The second kappa shape index (κ2) is 4.74. The summed E-state index contributed by atoms with van der Waals surface area (Å²) in [5.74, 6) is 0.463. The average molecular weight is 318 g/mol. The topological polar surface area (TPSA) is 32.5 Å². The summed E-state index contributed by atoms with van der Waals surface area (Å²) >= 11 is 0. The minimum Gasteiger partial charge on any atom is -0.454 e. The van der Waals surface area contributed by atoms with Crippen LogP contribution in [0.15, 0.2) is 59.1 Å². The first kappa shape index (κ1) is 10.7. The van der Waals surface area contributed by atoms with E-state index in [9.17, 15) is 0 Å². The van der Waals surface area contributed by atoms with E-state index in [2.05, 4.69) is 11.1 Å². The van der Waals surface area contributed by atoms with Crippen LogP contribution in [0.5, 0.6) is 0 Å². The van der Waals surface area contributed by atoms with Gasteiger partial charge in [0.2, 0.25) is 0 Å². The minimum absolute atomic E-state index is 0.194. The molecule has 3 heterocycles. The van der Waals surface area contributed by atoms with Crippen molar-refractivity contribution in [3.8, 4) is 0 Å². The van der Waals surface area contributed by atoms with Crippen molar-refractivity contribution in [2.24, 2.45) is 0 Å². The van der Waals surface area contributed by atoms with Gasteiger partial charge in [-0.2, -0.15) is 0 Å². The van der Waals surface area contributed by atoms with E-state index in [1.807, 2.05) is 54.3 Å². The largest absolute Gasteiger partial charge is 0.454 e. The second-order valence-electron chi connectivity index (χ2n) is 6.05. The van der Waals surface area contributed by atoms with Gasteiger partial charge in [0.15, 0.2) is 11.4 Å². The van der Waals surface area contributed by atoms with Crippen LogP contribution in [0.1, 0.15) is 9.68 Å². The zero-order chi connectivity index (χ0) is 18.8. The molecule has 4 nitrogen and oxygen atoms in total. The zero-order valence-electron chi connectivity index (χ0n) is 16.2. The van der Waals surface area contributed by atoms with Crippen molar-refractivity contribution in [1.29, 1.82) is 0 Å². The molecule has 0 N–H and O–H groups in total. The first-order valence-electron chi connectivity index (χ1n) is 9.36. The Morgan fingerprint density at radius 1 is 1.08 bits per heavy atom. The maximum atomic E-state index is 7.89. The molecule has 0 aliphatic carbocycles. The van der Waals surface area contributed by atoms with Crippen molar-refractivity contribution < 1.29 is 8.53 Å². The molecule has 0 bridgehead atoms. The molecule has 0 radical (unpaired) electrons. The lowest BCUT2D eigenvalue weighted by Gasteiger charge is -2.21. The van der Waals surface area contributed by atoms with Crippen LogP contribution in [0, 0.1) is 6.92 Å². The Kier molecular flexibility index (Phi) is 2.12. The lowest BCUT2D eigenvalue weighted by Crippen LogP contribution is -2.24. The van der Waals surface area contributed by atoms with Gasteiger partial charge in [0.25, 0.3) is 0 Å². The van der Waals surface area contributed by atoms with Gasteiger partial charge in [-0.3, -0.25) is 0 Å². The molecule has 1 aliphatic heterocycles. The fraction of sp³-hybridized carbons (Fsp3) is 0.150. The number of pyridine rings is 1. The summed E-state index contributed by atoms with van der Waals surface area (Å²) in [4.78, 5) is 7.66. The number of hydrogen-bond acceptors (Lipinski definition) is 4. The van der Waals surface area contributed by atoms with Gasteiger partial charge in [0.1, 0.15) is 5.58 Å². The number of aromatic nitrogens is 1. The highest BCUT2D eigenvalue weighted by atomic mass is 16.3. The van der Waals surface area contributed by atoms with Crippen LogP contribution in [-0.4, -0.2) is 18.6 Å². The van der Waals surface area contributed by atoms with E-state index < -0.39 is 6.98 Å². The quantitative estimate of drug-likeness (QED) is 0.503. The number of rotatable bonds is 1. The highest BCUT2D eigenvalue weighted by molar-refractivity contribution is 6.10. The first-order chi connectivity index (χ1) is 12.9. The standard InChI is InChI=1S/C20H17N3O/c1-13-9-10-15-14-6-3-4-8-17(14)24-19(15)18(13)23-12-22(2)20-16(23)7-5-11-21-20/h3-11H,12H2,1-2H3/i2D3. The van der Waals surface area contributed by atoms with E-state index in [0.29, 0.717) is 5.82 Å². The number of para-hydroxylation sites is 1. The van der Waals surface area contributed by atoms with E-state index in [-0.39, 0.29) is 6.67 Å². The van der Waals surface area contributed by atoms with Gasteiger partial charge >= 0.3 is 0 Å². The van der Waals surface area contributed by atoms with Crippen molar-refractivity contribution in [1.82, 2.24) is 4.98 Å². The molecule has 118 valence electrons. The number of nitrogens with zero attached hydrogens (tertiary/aromatic N) is 3. The summed E-state index contributed by atoms with van der Waals surface area (Å²) < 4.78 is 29.8. The van der Waals surface area contributed by atoms with Crippen LogP contribution >= 0.6 is 0 Å². The minimum atomic E-state index is -2.27. The maximum absolute atomic E-state index is 7.89. The number of hydrogen-bond donors (Lipinski definition) is 0. The van der Waals surface area contributed by atoms with E-state index >= 15 is 0 Å². The molecule has 5 rings (SSSR count). The molecule has 2 aromatic carbocycles. The molecule has 2 aromatic heterocycles. The predicted octanol–water partition coefficient (Wildman–Crippen LogP) is 4.83. The third-order valence-electron chi connectivity index (χ3n) is 4.59. The van der Waals surface area contributed by atoms with Crippen LogP contribution in [0.3, 0.4) is 0 Å². The fourth-order valence-electron chi connectivity index (χ4n) is 3.49. The van der Waals surface area contributed by atoms with Crippen molar-refractivity contribution in [3.63, 3.8) is 0 Å². The third-order valence-corrected chi connectivity index (χ3v) is 4.59. The van der Waals surface area contributed by atoms with Gasteiger partial charge in [0, 0.05) is 28.1 Å². The Morgan fingerprint density at radius 3 is 2.92 bits per heavy atom. The molecule has 0 atom stereocenters. The number of furan rings is 1. The molecular weight excluding hydrogens is 298 g/mol. The molecule has 4 aromatic rings. The summed E-state index contributed by atoms with van der Waals surface area (Å²) in [5, 5.41) is 2.07. The van der Waals surface area contributed by atoms with E-state index in [4.69, 9.17) is 8.53 Å². The van der Waals surface area contributed by atoms with Gasteiger partial charge in [-0.1, -0.05) is 30.3 Å². The molecule has 0 saturated carbocycles. The molecule has 4 heteroatoms. The third kappa shape index (κ3) is 1.71. The Bertz CT molecular complexity index is 1180. The lowest BCUT2D eigenvalue weighted by atomic mass is 10.1. The molecular formula is C20H17N3O. The van der Waals surface area contributed by atoms with Crippen molar-refractivity contribution in [2.45, 2.75) is 6.92 Å². The molecule has 0 saturated heterocycles. The average Bonchev–Trinajstić information content (AvgIpc) is 3.20. The fourth-order valence-corrected chi connectivity index (χ4v) is 3.49. The Labute approximate surface area is 144 Å². The molecule has 0 amide bonds. The maximum Gasteiger partial charge on any atom is 0.159 e. The smallest absolute Gasteiger partial charge is 0.159 e. The molecule has 1 aliphatic rings. The van der Waals surface area contributed by atoms with Gasteiger partial charge in [-0.25, -0.2) is 4.98 Å². The lowest BCUT2D eigenvalue weighted by molar-refractivity contribution is 0.667. The number of aryl methyl sites for hydroxylation is 1. The van der Waals surface area contributed by atoms with Crippen molar-refractivity contribution >= 4 is 39.1 Å². The van der Waals surface area contributed by atoms with Gasteiger partial charge in [0.05, 0.1) is 18.0 Å². The van der Waals surface area contributed by atoms with Crippen molar-refractivity contribution in [2.75, 3.05) is 23.4 Å². The normalized spacial score (nSPS) is 16.3. The van der Waals surface area contributed by atoms with Gasteiger partial charge in [-0.05, 0) is 30.7 Å². The summed E-state index contributed by atoms with van der Waals surface area (Å²) in [6, 6.07) is 15.7. The van der Waals surface area contributed by atoms with E-state index in [1.54, 1.807) is 6.20 Å². The van der Waals surface area contributed by atoms with Crippen LogP contribution in [0.4, 0.5) is 17.2 Å². The van der Waals surface area contributed by atoms with E-state index in [0.717, 1.165) is 38.9 Å². The van der Waals surface area contributed by atoms with Gasteiger partial charge in [-0.15, -0.1) is 0 Å². The van der Waals surface area contributed by atoms with Crippen LogP contribution in [0.2, 0.25) is 0 Å². The molecule has 0 spiro atoms. The number of benzene rings is 2. The molecule has 24 heavy (non-hydrogen) atoms. The highest BCUT2D eigenvalue weighted by Gasteiger charge is 2.29. The summed E-state index contributed by atoms with van der Waals surface area (Å²) in [6.45, 7) is -0.0661. The van der Waals surface area contributed by atoms with Gasteiger partial charge < -0.3 is 14.2 Å².